The van der Waals surface area contributed by atoms with E-state index in [0.717, 1.165) is 45.2 Å². The van der Waals surface area contributed by atoms with Gasteiger partial charge in [0, 0.05) is 29.3 Å². The molecule has 3 aromatic carbocycles. The monoisotopic (exact) mass is 494 g/mol. The zero-order valence-electron chi connectivity index (χ0n) is 21.5. The predicted octanol–water partition coefficient (Wildman–Crippen LogP) is 5.67. The zero-order chi connectivity index (χ0) is 26.1. The van der Waals surface area contributed by atoms with Crippen molar-refractivity contribution in [2.24, 2.45) is 0 Å². The van der Waals surface area contributed by atoms with Gasteiger partial charge in [-0.3, -0.25) is 14.5 Å². The van der Waals surface area contributed by atoms with E-state index in [1.54, 1.807) is 24.1 Å². The van der Waals surface area contributed by atoms with E-state index in [0.29, 0.717) is 25.1 Å². The Morgan fingerprint density at radius 2 is 1.65 bits per heavy atom. The summed E-state index contributed by atoms with van der Waals surface area (Å²) in [4.78, 5) is 27.5. The largest absolute Gasteiger partial charge is 0.497 e. The van der Waals surface area contributed by atoms with Crippen LogP contribution >= 0.6 is 0 Å². The van der Waals surface area contributed by atoms with E-state index in [1.165, 1.54) is 5.56 Å². The maximum Gasteiger partial charge on any atom is 0.255 e. The van der Waals surface area contributed by atoms with Gasteiger partial charge in [0.25, 0.3) is 5.91 Å². The third kappa shape index (κ3) is 4.98. The number of rotatable bonds is 6. The summed E-state index contributed by atoms with van der Waals surface area (Å²) in [5, 5.41) is 7.77. The van der Waals surface area contributed by atoms with Crippen molar-refractivity contribution in [3.63, 3.8) is 0 Å². The van der Waals surface area contributed by atoms with Crippen LogP contribution in [0.4, 0.5) is 11.5 Å². The minimum absolute atomic E-state index is 0.0563. The Labute approximate surface area is 216 Å². The number of anilines is 2. The number of aromatic nitrogens is 2. The number of nitrogens with one attached hydrogen (secondary N) is 1. The molecule has 188 valence electrons. The van der Waals surface area contributed by atoms with Crippen molar-refractivity contribution in [1.29, 1.82) is 0 Å². The number of nitrogens with zero attached hydrogens (tertiary/aromatic N) is 3. The van der Waals surface area contributed by atoms with Crippen molar-refractivity contribution < 1.29 is 14.3 Å². The molecule has 7 heteroatoms. The molecule has 0 spiro atoms. The lowest BCUT2D eigenvalue weighted by molar-refractivity contribution is -0.119. The number of aryl methyl sites for hydroxylation is 4. The van der Waals surface area contributed by atoms with Gasteiger partial charge in [-0.2, -0.15) is 5.10 Å². The number of fused-ring (bicyclic) bond motifs is 1. The minimum Gasteiger partial charge on any atom is -0.497 e. The molecule has 2 amide bonds. The fourth-order valence-electron chi connectivity index (χ4n) is 4.83. The number of benzene rings is 3. The van der Waals surface area contributed by atoms with Gasteiger partial charge in [0.15, 0.2) is 0 Å². The first-order chi connectivity index (χ1) is 17.8. The minimum atomic E-state index is -0.155. The van der Waals surface area contributed by atoms with E-state index in [9.17, 15) is 9.59 Å². The molecule has 5 rings (SSSR count). The van der Waals surface area contributed by atoms with Crippen LogP contribution in [-0.4, -0.2) is 28.7 Å². The highest BCUT2D eigenvalue weighted by Gasteiger charge is 2.26. The summed E-state index contributed by atoms with van der Waals surface area (Å²) in [6.45, 7) is 7.00. The predicted molar refractivity (Wildman–Crippen MR) is 145 cm³/mol. The third-order valence-electron chi connectivity index (χ3n) is 6.73. The first-order valence-electron chi connectivity index (χ1n) is 12.3. The summed E-state index contributed by atoms with van der Waals surface area (Å²) in [7, 11) is 1.64. The zero-order valence-corrected chi connectivity index (χ0v) is 21.5. The van der Waals surface area contributed by atoms with E-state index in [1.807, 2.05) is 67.9 Å². The maximum atomic E-state index is 12.9. The van der Waals surface area contributed by atoms with E-state index in [2.05, 4.69) is 17.4 Å². The highest BCUT2D eigenvalue weighted by atomic mass is 16.5. The van der Waals surface area contributed by atoms with Gasteiger partial charge in [0.05, 0.1) is 25.9 Å². The van der Waals surface area contributed by atoms with Crippen molar-refractivity contribution in [2.45, 2.75) is 40.3 Å². The van der Waals surface area contributed by atoms with Gasteiger partial charge in [-0.25, -0.2) is 4.68 Å². The number of ether oxygens (including phenoxy) is 1. The number of amides is 2. The molecule has 37 heavy (non-hydrogen) atoms. The molecular formula is C30H30N4O3. The van der Waals surface area contributed by atoms with E-state index >= 15 is 0 Å². The summed E-state index contributed by atoms with van der Waals surface area (Å²) in [5.74, 6) is 1.46. The summed E-state index contributed by atoms with van der Waals surface area (Å²) < 4.78 is 7.13. The van der Waals surface area contributed by atoms with Crippen molar-refractivity contribution in [3.8, 4) is 17.0 Å². The molecule has 1 aliphatic rings. The number of methoxy groups -OCH3 is 1. The highest BCUT2D eigenvalue weighted by Crippen LogP contribution is 2.30. The molecule has 1 aromatic heterocycles. The van der Waals surface area contributed by atoms with Crippen LogP contribution in [0.5, 0.6) is 5.75 Å². The quantitative estimate of drug-likeness (QED) is 0.375. The van der Waals surface area contributed by atoms with Gasteiger partial charge in [0.1, 0.15) is 11.6 Å². The van der Waals surface area contributed by atoms with Crippen LogP contribution in [0.1, 0.15) is 39.0 Å². The molecule has 0 aliphatic carbocycles. The van der Waals surface area contributed by atoms with Crippen LogP contribution in [-0.2, 0) is 17.9 Å². The van der Waals surface area contributed by atoms with Crippen LogP contribution in [0.3, 0.4) is 0 Å². The van der Waals surface area contributed by atoms with E-state index < -0.39 is 0 Å². The molecule has 7 nitrogen and oxygen atoms in total. The maximum absolute atomic E-state index is 12.9. The highest BCUT2D eigenvalue weighted by molar-refractivity contribution is 6.05. The van der Waals surface area contributed by atoms with Crippen molar-refractivity contribution in [1.82, 2.24) is 9.78 Å². The molecule has 0 radical (unpaired) electrons. The van der Waals surface area contributed by atoms with Crippen LogP contribution in [0.25, 0.3) is 11.3 Å². The molecule has 0 atom stereocenters. The summed E-state index contributed by atoms with van der Waals surface area (Å²) >= 11 is 0. The van der Waals surface area contributed by atoms with E-state index in [4.69, 9.17) is 9.84 Å². The fraction of sp³-hybridized carbons (Fsp3) is 0.233. The molecule has 0 fully saturated rings. The van der Waals surface area contributed by atoms with Crippen molar-refractivity contribution in [3.05, 3.63) is 94.5 Å². The Morgan fingerprint density at radius 3 is 2.30 bits per heavy atom. The Bertz CT molecular complexity index is 1450. The second-order valence-corrected chi connectivity index (χ2v) is 9.49. The first kappa shape index (κ1) is 24.3. The Kier molecular flexibility index (Phi) is 6.53. The van der Waals surface area contributed by atoms with E-state index in [-0.39, 0.29) is 11.8 Å². The SMILES string of the molecule is COc1ccc(-c2cc3n(n2)CCC(=O)N3Cc2ccc(C(=O)Nc3c(C)cc(C)cc3C)cc2)cc1. The molecule has 0 unspecified atom stereocenters. The number of carbonyl (C=O) groups excluding carboxylic acids is 2. The van der Waals surface area contributed by atoms with Crippen LogP contribution in [0.2, 0.25) is 0 Å². The smallest absolute Gasteiger partial charge is 0.255 e. The topological polar surface area (TPSA) is 76.5 Å². The normalized spacial score (nSPS) is 12.9. The van der Waals surface area contributed by atoms with Gasteiger partial charge in [-0.1, -0.05) is 29.8 Å². The van der Waals surface area contributed by atoms with Gasteiger partial charge < -0.3 is 10.1 Å². The molecule has 2 heterocycles. The molecule has 0 saturated heterocycles. The van der Waals surface area contributed by atoms with Crippen molar-refractivity contribution in [2.75, 3.05) is 17.3 Å². The van der Waals surface area contributed by atoms with Crippen LogP contribution < -0.4 is 15.0 Å². The summed E-state index contributed by atoms with van der Waals surface area (Å²) in [6.07, 6.45) is 0.395. The standard InChI is InChI=1S/C30H30N4O3/c1-19-15-20(2)29(21(3)16-19)31-30(36)24-7-5-22(6-8-24)18-33-27-17-26(32-34(27)14-13-28(33)35)23-9-11-25(37-4)12-10-23/h5-12,15-17H,13-14,18H2,1-4H3,(H,31,36). The lowest BCUT2D eigenvalue weighted by atomic mass is 10.0. The third-order valence-corrected chi connectivity index (χ3v) is 6.73. The van der Waals surface area contributed by atoms with Crippen molar-refractivity contribution >= 4 is 23.3 Å². The lowest BCUT2D eigenvalue weighted by Gasteiger charge is -2.27. The molecular weight excluding hydrogens is 464 g/mol. The van der Waals surface area contributed by atoms with Crippen LogP contribution in [0, 0.1) is 20.8 Å². The summed E-state index contributed by atoms with van der Waals surface area (Å²) in [5.41, 5.74) is 7.37. The molecule has 1 aliphatic heterocycles. The Hall–Kier alpha value is -4.39. The Balaban J connectivity index is 1.33. The average Bonchev–Trinajstić information content (AvgIpc) is 3.33. The second-order valence-electron chi connectivity index (χ2n) is 9.49. The molecule has 4 aromatic rings. The average molecular weight is 495 g/mol. The molecule has 0 saturated carbocycles. The van der Waals surface area contributed by atoms with Gasteiger partial charge >= 0.3 is 0 Å². The molecule has 0 bridgehead atoms. The number of hydrogen-bond acceptors (Lipinski definition) is 4. The number of carbonyl (C=O) groups is 2. The van der Waals surface area contributed by atoms with Gasteiger partial charge in [0.2, 0.25) is 5.91 Å². The van der Waals surface area contributed by atoms with Crippen LogP contribution in [0.15, 0.2) is 66.7 Å². The second kappa shape index (κ2) is 9.93. The summed E-state index contributed by atoms with van der Waals surface area (Å²) in [6, 6.07) is 21.2. The lowest BCUT2D eigenvalue weighted by Crippen LogP contribution is -2.36. The van der Waals surface area contributed by atoms with Gasteiger partial charge in [-0.15, -0.1) is 0 Å². The number of hydrogen-bond donors (Lipinski definition) is 1. The first-order valence-corrected chi connectivity index (χ1v) is 12.3. The molecule has 1 N–H and O–H groups in total. The fourth-order valence-corrected chi connectivity index (χ4v) is 4.83. The Morgan fingerprint density at radius 1 is 0.973 bits per heavy atom. The van der Waals surface area contributed by atoms with Gasteiger partial charge in [-0.05, 0) is 73.9 Å².